The molecule has 6 heteroatoms. The van der Waals surface area contributed by atoms with Gasteiger partial charge in [-0.25, -0.2) is 0 Å². The molecule has 1 fully saturated rings. The lowest BCUT2D eigenvalue weighted by molar-refractivity contribution is -0.157. The van der Waals surface area contributed by atoms with Crippen LogP contribution in [0.25, 0.3) is 0 Å². The molecule has 0 radical (unpaired) electrons. The molecule has 0 bridgehead atoms. The number of nitrogens with one attached hydrogen (secondary N) is 2. The van der Waals surface area contributed by atoms with Crippen molar-refractivity contribution in [1.82, 2.24) is 15.5 Å². The van der Waals surface area contributed by atoms with Crippen molar-refractivity contribution in [2.24, 2.45) is 0 Å². The van der Waals surface area contributed by atoms with E-state index in [0.29, 0.717) is 25.4 Å². The van der Waals surface area contributed by atoms with E-state index in [9.17, 15) is 14.7 Å². The van der Waals surface area contributed by atoms with Crippen molar-refractivity contribution in [1.29, 1.82) is 0 Å². The lowest BCUT2D eigenvalue weighted by Gasteiger charge is -2.38. The van der Waals surface area contributed by atoms with Crippen molar-refractivity contribution in [2.45, 2.75) is 44.8 Å². The Balaban J connectivity index is 1.97. The highest BCUT2D eigenvalue weighted by atomic mass is 16.3. The van der Waals surface area contributed by atoms with Gasteiger partial charge in [-0.05, 0) is 29.9 Å². The van der Waals surface area contributed by atoms with Crippen LogP contribution >= 0.6 is 0 Å². The average Bonchev–Trinajstić information content (AvgIpc) is 2.59. The smallest absolute Gasteiger partial charge is 0.256 e. The quantitative estimate of drug-likeness (QED) is 0.687. The molecule has 0 saturated carbocycles. The molecule has 0 spiro atoms. The third-order valence-corrected chi connectivity index (χ3v) is 4.71. The Bertz CT molecular complexity index is 600. The van der Waals surface area contributed by atoms with E-state index in [1.54, 1.807) is 11.9 Å². The van der Waals surface area contributed by atoms with Crippen molar-refractivity contribution in [3.05, 3.63) is 35.4 Å². The molecule has 2 amide bonds. The van der Waals surface area contributed by atoms with Gasteiger partial charge in [0.25, 0.3) is 5.91 Å². The van der Waals surface area contributed by atoms with Gasteiger partial charge in [-0.3, -0.25) is 9.59 Å². The number of likely N-dealkylation sites (N-methyl/N-ethyl adjacent to an activating group) is 1. The van der Waals surface area contributed by atoms with Gasteiger partial charge in [0.2, 0.25) is 5.91 Å². The molecule has 6 nitrogen and oxygen atoms in total. The summed E-state index contributed by atoms with van der Waals surface area (Å²) < 4.78 is 0. The number of carbonyl (C=O) groups is 2. The third-order valence-electron chi connectivity index (χ3n) is 4.71. The van der Waals surface area contributed by atoms with E-state index in [1.807, 2.05) is 12.1 Å². The van der Waals surface area contributed by atoms with E-state index in [2.05, 4.69) is 36.6 Å². The SMILES string of the molecule is CNC(=O)CNC[C@]1(O)CCCN(Cc2ccc(C(C)C)cc2)C1=O. The van der Waals surface area contributed by atoms with Gasteiger partial charge in [0.15, 0.2) is 5.60 Å². The van der Waals surface area contributed by atoms with Crippen LogP contribution in [-0.4, -0.2) is 54.1 Å². The van der Waals surface area contributed by atoms with Gasteiger partial charge in [0, 0.05) is 26.7 Å². The molecular weight excluding hydrogens is 318 g/mol. The summed E-state index contributed by atoms with van der Waals surface area (Å²) in [5, 5.41) is 16.1. The minimum Gasteiger partial charge on any atom is -0.379 e. The first kappa shape index (κ1) is 19.4. The van der Waals surface area contributed by atoms with Gasteiger partial charge in [0.1, 0.15) is 0 Å². The summed E-state index contributed by atoms with van der Waals surface area (Å²) in [6.45, 7) is 5.60. The van der Waals surface area contributed by atoms with Crippen LogP contribution in [-0.2, 0) is 16.1 Å². The van der Waals surface area contributed by atoms with Crippen LogP contribution in [0.2, 0.25) is 0 Å². The first-order valence-electron chi connectivity index (χ1n) is 8.87. The molecule has 1 aromatic carbocycles. The lowest BCUT2D eigenvalue weighted by Crippen LogP contribution is -2.58. The molecule has 1 saturated heterocycles. The largest absolute Gasteiger partial charge is 0.379 e. The molecular formula is C19H29N3O3. The van der Waals surface area contributed by atoms with Crippen LogP contribution in [0.3, 0.4) is 0 Å². The van der Waals surface area contributed by atoms with Gasteiger partial charge in [-0.2, -0.15) is 0 Å². The summed E-state index contributed by atoms with van der Waals surface area (Å²) in [6.07, 6.45) is 1.16. The fourth-order valence-electron chi connectivity index (χ4n) is 3.08. The first-order valence-corrected chi connectivity index (χ1v) is 8.87. The highest BCUT2D eigenvalue weighted by Gasteiger charge is 2.41. The second kappa shape index (κ2) is 8.45. The topological polar surface area (TPSA) is 81.7 Å². The number of rotatable bonds is 7. The number of piperidine rings is 1. The van der Waals surface area contributed by atoms with E-state index in [-0.39, 0.29) is 24.9 Å². The van der Waals surface area contributed by atoms with E-state index in [0.717, 1.165) is 12.0 Å². The van der Waals surface area contributed by atoms with Gasteiger partial charge in [-0.1, -0.05) is 38.1 Å². The molecule has 1 aliphatic heterocycles. The molecule has 2 rings (SSSR count). The zero-order valence-corrected chi connectivity index (χ0v) is 15.3. The second-order valence-corrected chi connectivity index (χ2v) is 7.03. The summed E-state index contributed by atoms with van der Waals surface area (Å²) >= 11 is 0. The maximum absolute atomic E-state index is 12.7. The summed E-state index contributed by atoms with van der Waals surface area (Å²) in [5.74, 6) is 0.0344. The summed E-state index contributed by atoms with van der Waals surface area (Å²) in [5.41, 5.74) is 0.883. The Morgan fingerprint density at radius 1 is 1.32 bits per heavy atom. The van der Waals surface area contributed by atoms with Crippen molar-refractivity contribution in [3.8, 4) is 0 Å². The number of hydrogen-bond donors (Lipinski definition) is 3. The fourth-order valence-corrected chi connectivity index (χ4v) is 3.08. The lowest BCUT2D eigenvalue weighted by atomic mass is 9.91. The third kappa shape index (κ3) is 5.03. The van der Waals surface area contributed by atoms with Gasteiger partial charge in [0.05, 0.1) is 6.54 Å². The molecule has 0 aromatic heterocycles. The number of hydrogen-bond acceptors (Lipinski definition) is 4. The summed E-state index contributed by atoms with van der Waals surface area (Å²) in [4.78, 5) is 25.7. The van der Waals surface area contributed by atoms with Crippen molar-refractivity contribution >= 4 is 11.8 Å². The number of benzene rings is 1. The maximum atomic E-state index is 12.7. The second-order valence-electron chi connectivity index (χ2n) is 7.03. The number of aliphatic hydroxyl groups is 1. The highest BCUT2D eigenvalue weighted by molar-refractivity contribution is 5.86. The molecule has 0 unspecified atom stereocenters. The first-order chi connectivity index (χ1) is 11.9. The van der Waals surface area contributed by atoms with Gasteiger partial charge >= 0.3 is 0 Å². The minimum atomic E-state index is -1.44. The zero-order chi connectivity index (χ0) is 18.4. The van der Waals surface area contributed by atoms with Crippen molar-refractivity contribution < 1.29 is 14.7 Å². The highest BCUT2D eigenvalue weighted by Crippen LogP contribution is 2.24. The predicted molar refractivity (Wildman–Crippen MR) is 97.1 cm³/mol. The van der Waals surface area contributed by atoms with Crippen LogP contribution in [0.1, 0.15) is 43.7 Å². The Hall–Kier alpha value is -1.92. The number of likely N-dealkylation sites (tertiary alicyclic amines) is 1. The Morgan fingerprint density at radius 3 is 2.60 bits per heavy atom. The van der Waals surface area contributed by atoms with Crippen LogP contribution < -0.4 is 10.6 Å². The minimum absolute atomic E-state index is 0.0854. The monoisotopic (exact) mass is 347 g/mol. The van der Waals surface area contributed by atoms with E-state index < -0.39 is 5.60 Å². The predicted octanol–water partition coefficient (Wildman–Crippen LogP) is 0.999. The Kier molecular flexibility index (Phi) is 6.56. The summed E-state index contributed by atoms with van der Waals surface area (Å²) in [7, 11) is 1.55. The Morgan fingerprint density at radius 2 is 2.00 bits per heavy atom. The number of amides is 2. The summed E-state index contributed by atoms with van der Waals surface area (Å²) in [6, 6.07) is 8.26. The van der Waals surface area contributed by atoms with Crippen LogP contribution in [0.15, 0.2) is 24.3 Å². The van der Waals surface area contributed by atoms with Crippen molar-refractivity contribution in [2.75, 3.05) is 26.7 Å². The molecule has 1 aliphatic rings. The van der Waals surface area contributed by atoms with E-state index >= 15 is 0 Å². The molecule has 0 aliphatic carbocycles. The molecule has 1 aromatic rings. The normalized spacial score (nSPS) is 20.8. The van der Waals surface area contributed by atoms with Gasteiger partial charge < -0.3 is 20.6 Å². The van der Waals surface area contributed by atoms with Gasteiger partial charge in [-0.15, -0.1) is 0 Å². The molecule has 3 N–H and O–H groups in total. The molecule has 1 atom stereocenters. The molecule has 1 heterocycles. The fraction of sp³-hybridized carbons (Fsp3) is 0.579. The van der Waals surface area contributed by atoms with E-state index in [1.165, 1.54) is 5.56 Å². The average molecular weight is 347 g/mol. The molecule has 25 heavy (non-hydrogen) atoms. The van der Waals surface area contributed by atoms with E-state index in [4.69, 9.17) is 0 Å². The van der Waals surface area contributed by atoms with Crippen LogP contribution in [0.4, 0.5) is 0 Å². The zero-order valence-electron chi connectivity index (χ0n) is 15.3. The maximum Gasteiger partial charge on any atom is 0.256 e. The van der Waals surface area contributed by atoms with Crippen molar-refractivity contribution in [3.63, 3.8) is 0 Å². The number of carbonyl (C=O) groups excluding carboxylic acids is 2. The Labute approximate surface area is 149 Å². The van der Waals surface area contributed by atoms with Crippen LogP contribution in [0, 0.1) is 0 Å². The molecule has 138 valence electrons. The van der Waals surface area contributed by atoms with Crippen LogP contribution in [0.5, 0.6) is 0 Å². The standard InChI is InChI=1S/C19H29N3O3/c1-14(2)16-7-5-15(6-8-16)12-22-10-4-9-19(25,18(22)24)13-21-11-17(23)20-3/h5-8,14,21,25H,4,9-13H2,1-3H3,(H,20,23)/t19-/m1/s1. The number of nitrogens with zero attached hydrogens (tertiary/aromatic N) is 1.